The molecule has 0 bridgehead atoms. The number of rotatable bonds is 5. The van der Waals surface area contributed by atoms with E-state index in [0.717, 1.165) is 24.2 Å². The lowest BCUT2D eigenvalue weighted by molar-refractivity contribution is -0.122. The van der Waals surface area contributed by atoms with Crippen molar-refractivity contribution in [2.24, 2.45) is 0 Å². The number of amides is 2. The van der Waals surface area contributed by atoms with Crippen LogP contribution in [0.3, 0.4) is 0 Å². The average Bonchev–Trinajstić information content (AvgIpc) is 3.01. The molecule has 5 nitrogen and oxygen atoms in total. The Hall–Kier alpha value is -2.82. The molecule has 2 aromatic rings. The topological polar surface area (TPSA) is 58.6 Å². The number of hydrogen-bond acceptors (Lipinski definition) is 3. The van der Waals surface area contributed by atoms with Gasteiger partial charge < -0.3 is 15.0 Å². The zero-order chi connectivity index (χ0) is 17.8. The Morgan fingerprint density at radius 1 is 1.20 bits per heavy atom. The molecule has 1 aliphatic rings. The second-order valence-corrected chi connectivity index (χ2v) is 6.27. The van der Waals surface area contributed by atoms with Gasteiger partial charge in [0.1, 0.15) is 5.75 Å². The summed E-state index contributed by atoms with van der Waals surface area (Å²) in [6.07, 6.45) is 0.827. The van der Waals surface area contributed by atoms with Crippen molar-refractivity contribution in [3.05, 3.63) is 54.1 Å². The highest BCUT2D eigenvalue weighted by molar-refractivity contribution is 5.97. The lowest BCUT2D eigenvalue weighted by atomic mass is 10.2. The first-order valence-corrected chi connectivity index (χ1v) is 8.47. The lowest BCUT2D eigenvalue weighted by Crippen LogP contribution is -2.30. The summed E-state index contributed by atoms with van der Waals surface area (Å²) < 4.78 is 5.70. The molecule has 1 unspecified atom stereocenters. The minimum atomic E-state index is -0.626. The highest BCUT2D eigenvalue weighted by Gasteiger charge is 2.22. The summed E-state index contributed by atoms with van der Waals surface area (Å²) in [6.45, 7) is 4.41. The lowest BCUT2D eigenvalue weighted by Gasteiger charge is -2.18. The zero-order valence-electron chi connectivity index (χ0n) is 14.5. The first kappa shape index (κ1) is 17.0. The SMILES string of the molecule is Cc1cccc(OC(C)C(=O)Nc2cccc(N3CCCC3=O)c2)c1. The van der Waals surface area contributed by atoms with Crippen LogP contribution < -0.4 is 15.0 Å². The van der Waals surface area contributed by atoms with E-state index in [1.165, 1.54) is 0 Å². The third-order valence-electron chi connectivity index (χ3n) is 4.17. The molecule has 1 aliphatic heterocycles. The first-order valence-electron chi connectivity index (χ1n) is 8.47. The van der Waals surface area contributed by atoms with E-state index in [0.29, 0.717) is 17.9 Å². The Labute approximate surface area is 147 Å². The number of nitrogens with one attached hydrogen (secondary N) is 1. The van der Waals surface area contributed by atoms with Crippen LogP contribution in [-0.4, -0.2) is 24.5 Å². The van der Waals surface area contributed by atoms with Gasteiger partial charge in [-0.25, -0.2) is 0 Å². The summed E-state index contributed by atoms with van der Waals surface area (Å²) in [5, 5.41) is 2.85. The third kappa shape index (κ3) is 4.18. The van der Waals surface area contributed by atoms with Gasteiger partial charge >= 0.3 is 0 Å². The van der Waals surface area contributed by atoms with Gasteiger partial charge in [0, 0.05) is 24.3 Å². The number of aryl methyl sites for hydroxylation is 1. The quantitative estimate of drug-likeness (QED) is 0.907. The van der Waals surface area contributed by atoms with Crippen molar-refractivity contribution in [3.8, 4) is 5.75 Å². The minimum Gasteiger partial charge on any atom is -0.481 e. The molecule has 0 aliphatic carbocycles. The predicted molar refractivity (Wildman–Crippen MR) is 97.9 cm³/mol. The van der Waals surface area contributed by atoms with Crippen LogP contribution in [0.2, 0.25) is 0 Å². The first-order chi connectivity index (χ1) is 12.0. The monoisotopic (exact) mass is 338 g/mol. The summed E-state index contributed by atoms with van der Waals surface area (Å²) >= 11 is 0. The summed E-state index contributed by atoms with van der Waals surface area (Å²) in [5.74, 6) is 0.560. The minimum absolute atomic E-state index is 0.125. The number of nitrogens with zero attached hydrogens (tertiary/aromatic N) is 1. The average molecular weight is 338 g/mol. The smallest absolute Gasteiger partial charge is 0.265 e. The number of carbonyl (C=O) groups is 2. The van der Waals surface area contributed by atoms with Crippen molar-refractivity contribution in [3.63, 3.8) is 0 Å². The number of hydrogen-bond donors (Lipinski definition) is 1. The van der Waals surface area contributed by atoms with E-state index in [9.17, 15) is 9.59 Å². The van der Waals surface area contributed by atoms with E-state index >= 15 is 0 Å². The maximum atomic E-state index is 12.4. The van der Waals surface area contributed by atoms with Gasteiger partial charge in [-0.3, -0.25) is 9.59 Å². The molecule has 1 saturated heterocycles. The fourth-order valence-corrected chi connectivity index (χ4v) is 2.86. The third-order valence-corrected chi connectivity index (χ3v) is 4.17. The molecule has 0 aromatic heterocycles. The number of benzene rings is 2. The van der Waals surface area contributed by atoms with Crippen molar-refractivity contribution < 1.29 is 14.3 Å². The van der Waals surface area contributed by atoms with Crippen LogP contribution in [0, 0.1) is 6.92 Å². The molecule has 5 heteroatoms. The van der Waals surface area contributed by atoms with Gasteiger partial charge in [-0.15, -0.1) is 0 Å². The summed E-state index contributed by atoms with van der Waals surface area (Å²) in [4.78, 5) is 26.0. The van der Waals surface area contributed by atoms with Gasteiger partial charge in [-0.05, 0) is 56.2 Å². The Morgan fingerprint density at radius 3 is 2.72 bits per heavy atom. The predicted octanol–water partition coefficient (Wildman–Crippen LogP) is 3.53. The normalized spacial score (nSPS) is 15.1. The van der Waals surface area contributed by atoms with Crippen LogP contribution in [0.4, 0.5) is 11.4 Å². The molecule has 0 saturated carbocycles. The molecular weight excluding hydrogens is 316 g/mol. The molecule has 25 heavy (non-hydrogen) atoms. The molecule has 2 aromatic carbocycles. The van der Waals surface area contributed by atoms with Crippen molar-refractivity contribution in [1.82, 2.24) is 0 Å². The Bertz CT molecular complexity index is 788. The zero-order valence-corrected chi connectivity index (χ0v) is 14.5. The summed E-state index contributed by atoms with van der Waals surface area (Å²) in [6, 6.07) is 14.9. The molecule has 1 heterocycles. The Balaban J connectivity index is 1.65. The van der Waals surface area contributed by atoms with Crippen molar-refractivity contribution in [1.29, 1.82) is 0 Å². The van der Waals surface area contributed by atoms with Gasteiger partial charge in [0.05, 0.1) is 0 Å². The number of carbonyl (C=O) groups excluding carboxylic acids is 2. The maximum absolute atomic E-state index is 12.4. The second kappa shape index (κ2) is 7.38. The standard InChI is InChI=1S/C20H22N2O3/c1-14-6-3-9-18(12-14)25-15(2)20(24)21-16-7-4-8-17(13-16)22-11-5-10-19(22)23/h3-4,6-9,12-13,15H,5,10-11H2,1-2H3,(H,21,24). The van der Waals surface area contributed by atoms with Crippen LogP contribution in [0.1, 0.15) is 25.3 Å². The molecule has 1 N–H and O–H groups in total. The van der Waals surface area contributed by atoms with E-state index in [1.54, 1.807) is 17.9 Å². The maximum Gasteiger partial charge on any atom is 0.265 e. The van der Waals surface area contributed by atoms with Crippen LogP contribution in [0.15, 0.2) is 48.5 Å². The van der Waals surface area contributed by atoms with Crippen LogP contribution in [0.5, 0.6) is 5.75 Å². The summed E-state index contributed by atoms with van der Waals surface area (Å²) in [7, 11) is 0. The molecule has 0 radical (unpaired) electrons. The van der Waals surface area contributed by atoms with Crippen LogP contribution in [0.25, 0.3) is 0 Å². The molecular formula is C20H22N2O3. The van der Waals surface area contributed by atoms with Gasteiger partial charge in [0.25, 0.3) is 5.91 Å². The number of ether oxygens (including phenoxy) is 1. The Kier molecular flexibility index (Phi) is 5.03. The van der Waals surface area contributed by atoms with Crippen molar-refractivity contribution in [2.45, 2.75) is 32.8 Å². The second-order valence-electron chi connectivity index (χ2n) is 6.27. The largest absolute Gasteiger partial charge is 0.481 e. The summed E-state index contributed by atoms with van der Waals surface area (Å²) in [5.41, 5.74) is 2.54. The van der Waals surface area contributed by atoms with Gasteiger partial charge in [-0.2, -0.15) is 0 Å². The van der Waals surface area contributed by atoms with E-state index in [4.69, 9.17) is 4.74 Å². The van der Waals surface area contributed by atoms with Crippen molar-refractivity contribution in [2.75, 3.05) is 16.8 Å². The highest BCUT2D eigenvalue weighted by Crippen LogP contribution is 2.24. The van der Waals surface area contributed by atoms with Gasteiger partial charge in [0.15, 0.2) is 6.10 Å². The Morgan fingerprint density at radius 2 is 2.00 bits per heavy atom. The van der Waals surface area contributed by atoms with E-state index in [-0.39, 0.29) is 11.8 Å². The van der Waals surface area contributed by atoms with Crippen molar-refractivity contribution >= 4 is 23.2 Å². The molecule has 2 amide bonds. The van der Waals surface area contributed by atoms with E-state index in [2.05, 4.69) is 5.32 Å². The molecule has 3 rings (SSSR count). The molecule has 1 fully saturated rings. The molecule has 0 spiro atoms. The van der Waals surface area contributed by atoms with E-state index < -0.39 is 6.10 Å². The number of anilines is 2. The molecule has 130 valence electrons. The van der Waals surface area contributed by atoms with Crippen LogP contribution in [-0.2, 0) is 9.59 Å². The van der Waals surface area contributed by atoms with Gasteiger partial charge in [0.2, 0.25) is 5.91 Å². The van der Waals surface area contributed by atoms with Gasteiger partial charge in [-0.1, -0.05) is 18.2 Å². The van der Waals surface area contributed by atoms with Crippen LogP contribution >= 0.6 is 0 Å². The fraction of sp³-hybridized carbons (Fsp3) is 0.300. The fourth-order valence-electron chi connectivity index (χ4n) is 2.86. The molecule has 1 atom stereocenters. The van der Waals surface area contributed by atoms with E-state index in [1.807, 2.05) is 49.4 Å². The highest BCUT2D eigenvalue weighted by atomic mass is 16.5.